The van der Waals surface area contributed by atoms with Gasteiger partial charge in [0.1, 0.15) is 23.3 Å². The smallest absolute Gasteiger partial charge is 0.135 e. The summed E-state index contributed by atoms with van der Waals surface area (Å²) in [5, 5.41) is 25.6. The Kier molecular flexibility index (Phi) is 5.44. The molecule has 0 N–H and O–H groups in total. The molecule has 0 aliphatic rings. The quantitative estimate of drug-likeness (QED) is 0.219. The van der Waals surface area contributed by atoms with Crippen molar-refractivity contribution in [2.24, 2.45) is 0 Å². The summed E-state index contributed by atoms with van der Waals surface area (Å²) in [4.78, 5) is 0. The number of nitrogens with zero attached hydrogens (tertiary/aromatic N) is 2. The van der Waals surface area contributed by atoms with Crippen molar-refractivity contribution in [3.05, 3.63) is 132 Å². The molecule has 0 spiro atoms. The second-order valence-corrected chi connectivity index (χ2v) is 11.4. The van der Waals surface area contributed by atoms with Crippen LogP contribution in [0.15, 0.2) is 126 Å². The molecule has 0 saturated heterocycles. The molecule has 8 rings (SSSR count). The van der Waals surface area contributed by atoms with Crippen LogP contribution in [0.25, 0.3) is 75.5 Å². The number of nitriles is 2. The first-order valence-electron chi connectivity index (χ1n) is 13.6. The van der Waals surface area contributed by atoms with Crippen LogP contribution in [-0.4, -0.2) is 0 Å². The summed E-state index contributed by atoms with van der Waals surface area (Å²) in [6.45, 7) is 0. The highest BCUT2D eigenvalue weighted by Crippen LogP contribution is 2.43. The number of benzene rings is 6. The number of para-hydroxylation sites is 1. The van der Waals surface area contributed by atoms with E-state index in [0.29, 0.717) is 16.7 Å². The predicted molar refractivity (Wildman–Crippen MR) is 172 cm³/mol. The SMILES string of the molecule is N#Cc1c(-c2ccc3oc4ccccc4c3c2)cc(-c2ccc3sc4ccccc4c3c2)c(C#N)c1-c1ccccc1. The summed E-state index contributed by atoms with van der Waals surface area (Å²) in [5.74, 6) is 0. The Morgan fingerprint density at radius 3 is 1.83 bits per heavy atom. The fourth-order valence-corrected chi connectivity index (χ4v) is 7.14. The zero-order valence-electron chi connectivity index (χ0n) is 22.3. The molecule has 194 valence electrons. The molecule has 6 aromatic carbocycles. The van der Waals surface area contributed by atoms with Crippen molar-refractivity contribution in [1.29, 1.82) is 10.5 Å². The van der Waals surface area contributed by atoms with Crippen LogP contribution in [0.5, 0.6) is 0 Å². The topological polar surface area (TPSA) is 60.7 Å². The molecule has 0 unspecified atom stereocenters. The van der Waals surface area contributed by atoms with E-state index < -0.39 is 0 Å². The van der Waals surface area contributed by atoms with Gasteiger partial charge in [-0.05, 0) is 59.2 Å². The highest BCUT2D eigenvalue weighted by Gasteiger charge is 2.22. The van der Waals surface area contributed by atoms with Crippen molar-refractivity contribution >= 4 is 53.4 Å². The Hall–Kier alpha value is -5.68. The van der Waals surface area contributed by atoms with Gasteiger partial charge >= 0.3 is 0 Å². The van der Waals surface area contributed by atoms with Gasteiger partial charge in [0.05, 0.1) is 11.1 Å². The molecule has 42 heavy (non-hydrogen) atoms. The van der Waals surface area contributed by atoms with Crippen LogP contribution in [0.2, 0.25) is 0 Å². The molecule has 0 fully saturated rings. The van der Waals surface area contributed by atoms with Crippen LogP contribution < -0.4 is 0 Å². The van der Waals surface area contributed by atoms with Gasteiger partial charge < -0.3 is 4.42 Å². The van der Waals surface area contributed by atoms with E-state index in [1.807, 2.05) is 66.7 Å². The molecule has 2 heterocycles. The minimum atomic E-state index is 0.482. The lowest BCUT2D eigenvalue weighted by Crippen LogP contribution is -1.98. The zero-order chi connectivity index (χ0) is 28.2. The third-order valence-electron chi connectivity index (χ3n) is 7.99. The van der Waals surface area contributed by atoms with Gasteiger partial charge in [-0.3, -0.25) is 0 Å². The van der Waals surface area contributed by atoms with Gasteiger partial charge in [0.15, 0.2) is 0 Å². The van der Waals surface area contributed by atoms with Crippen molar-refractivity contribution in [1.82, 2.24) is 0 Å². The minimum absolute atomic E-state index is 0.482. The summed E-state index contributed by atoms with van der Waals surface area (Å²) >= 11 is 1.77. The lowest BCUT2D eigenvalue weighted by atomic mass is 9.83. The number of hydrogen-bond donors (Lipinski definition) is 0. The molecule has 4 heteroatoms. The first kappa shape index (κ1) is 24.1. The molecule has 2 aromatic heterocycles. The third-order valence-corrected chi connectivity index (χ3v) is 9.14. The minimum Gasteiger partial charge on any atom is -0.456 e. The van der Waals surface area contributed by atoms with E-state index in [0.717, 1.165) is 55.1 Å². The number of furan rings is 1. The van der Waals surface area contributed by atoms with Crippen LogP contribution in [0.4, 0.5) is 0 Å². The van der Waals surface area contributed by atoms with Gasteiger partial charge in [-0.2, -0.15) is 10.5 Å². The number of fused-ring (bicyclic) bond motifs is 6. The predicted octanol–water partition coefficient (Wildman–Crippen LogP) is 10.7. The van der Waals surface area contributed by atoms with Crippen molar-refractivity contribution in [2.75, 3.05) is 0 Å². The molecule has 0 bridgehead atoms. The van der Waals surface area contributed by atoms with Gasteiger partial charge in [0, 0.05) is 47.6 Å². The van der Waals surface area contributed by atoms with E-state index >= 15 is 0 Å². The Morgan fingerprint density at radius 2 is 1.07 bits per heavy atom. The normalized spacial score (nSPS) is 11.3. The molecule has 8 aromatic rings. The van der Waals surface area contributed by atoms with Crippen molar-refractivity contribution < 1.29 is 4.42 Å². The first-order valence-corrected chi connectivity index (χ1v) is 14.4. The van der Waals surface area contributed by atoms with Gasteiger partial charge in [0.25, 0.3) is 0 Å². The standard InChI is InChI=1S/C38H20N2OS/c39-21-32-28(24-14-16-35-30(18-24)26-10-4-6-12-34(26)41-35)20-29(33(22-40)38(32)23-8-2-1-3-9-23)25-15-17-37-31(19-25)27-11-5-7-13-36(27)42-37/h1-20H. The molecular formula is C38H20N2OS. The average molecular weight is 553 g/mol. The zero-order valence-corrected chi connectivity index (χ0v) is 23.1. The largest absolute Gasteiger partial charge is 0.456 e. The fourth-order valence-electron chi connectivity index (χ4n) is 6.05. The number of hydrogen-bond acceptors (Lipinski definition) is 4. The Bertz CT molecular complexity index is 2280. The molecule has 0 amide bonds. The monoisotopic (exact) mass is 552 g/mol. The highest BCUT2D eigenvalue weighted by molar-refractivity contribution is 7.25. The van der Waals surface area contributed by atoms with Crippen molar-refractivity contribution in [3.8, 4) is 45.5 Å². The van der Waals surface area contributed by atoms with Crippen LogP contribution in [-0.2, 0) is 0 Å². The molecule has 3 nitrogen and oxygen atoms in total. The maximum Gasteiger partial charge on any atom is 0.135 e. The van der Waals surface area contributed by atoms with Gasteiger partial charge in [-0.15, -0.1) is 11.3 Å². The molecule has 0 radical (unpaired) electrons. The molecule has 0 aliphatic carbocycles. The Balaban J connectivity index is 1.46. The van der Waals surface area contributed by atoms with Crippen LogP contribution in [0.3, 0.4) is 0 Å². The summed E-state index contributed by atoms with van der Waals surface area (Å²) in [5.41, 5.74) is 7.53. The number of rotatable bonds is 3. The second kappa shape index (κ2) is 9.46. The Morgan fingerprint density at radius 1 is 0.476 bits per heavy atom. The summed E-state index contributed by atoms with van der Waals surface area (Å²) < 4.78 is 8.52. The van der Waals surface area contributed by atoms with E-state index in [1.54, 1.807) is 11.3 Å². The van der Waals surface area contributed by atoms with Crippen LogP contribution in [0, 0.1) is 22.7 Å². The maximum absolute atomic E-state index is 10.6. The maximum atomic E-state index is 10.6. The van der Waals surface area contributed by atoms with Gasteiger partial charge in [-0.1, -0.05) is 78.9 Å². The Labute approximate surface area is 245 Å². The number of thiophene rings is 1. The van der Waals surface area contributed by atoms with Crippen molar-refractivity contribution in [3.63, 3.8) is 0 Å². The van der Waals surface area contributed by atoms with Crippen LogP contribution in [0.1, 0.15) is 11.1 Å². The highest BCUT2D eigenvalue weighted by atomic mass is 32.1. The van der Waals surface area contributed by atoms with Crippen LogP contribution >= 0.6 is 11.3 Å². The van der Waals surface area contributed by atoms with E-state index in [4.69, 9.17) is 4.42 Å². The third kappa shape index (κ3) is 3.64. The lowest BCUT2D eigenvalue weighted by molar-refractivity contribution is 0.669. The molecule has 0 atom stereocenters. The van der Waals surface area contributed by atoms with E-state index in [1.165, 1.54) is 14.8 Å². The molecule has 0 aliphatic heterocycles. The second-order valence-electron chi connectivity index (χ2n) is 10.3. The average Bonchev–Trinajstić information content (AvgIpc) is 3.61. The summed E-state index contributed by atoms with van der Waals surface area (Å²) in [7, 11) is 0. The molecular weight excluding hydrogens is 532 g/mol. The fraction of sp³-hybridized carbons (Fsp3) is 0. The first-order chi connectivity index (χ1) is 20.7. The van der Waals surface area contributed by atoms with Crippen molar-refractivity contribution in [2.45, 2.75) is 0 Å². The van der Waals surface area contributed by atoms with Gasteiger partial charge in [0.2, 0.25) is 0 Å². The lowest BCUT2D eigenvalue weighted by Gasteiger charge is -2.17. The molecule has 0 saturated carbocycles. The van der Waals surface area contributed by atoms with E-state index in [9.17, 15) is 10.5 Å². The van der Waals surface area contributed by atoms with Gasteiger partial charge in [-0.25, -0.2) is 0 Å². The van der Waals surface area contributed by atoms with E-state index in [2.05, 4.69) is 66.7 Å². The summed E-state index contributed by atoms with van der Waals surface area (Å²) in [6, 6.07) is 45.6. The summed E-state index contributed by atoms with van der Waals surface area (Å²) in [6.07, 6.45) is 0. The van der Waals surface area contributed by atoms with E-state index in [-0.39, 0.29) is 0 Å².